The van der Waals surface area contributed by atoms with Gasteiger partial charge in [-0.05, 0) is 27.7 Å². The van der Waals surface area contributed by atoms with Gasteiger partial charge in [-0.2, -0.15) is 0 Å². The van der Waals surface area contributed by atoms with Crippen molar-refractivity contribution in [3.63, 3.8) is 0 Å². The molecule has 0 atom stereocenters. The molecule has 2 aromatic heterocycles. The zero-order chi connectivity index (χ0) is 12.6. The molecule has 0 saturated carbocycles. The molecule has 0 aliphatic rings. The second kappa shape index (κ2) is 4.16. The van der Waals surface area contributed by atoms with Crippen LogP contribution in [0.15, 0.2) is 4.52 Å². The molecule has 2 heterocycles. The number of nitrogens with zero attached hydrogens (tertiary/aromatic N) is 3. The summed E-state index contributed by atoms with van der Waals surface area (Å²) in [4.78, 5) is 8.84. The molecule has 0 aliphatic carbocycles. The van der Waals surface area contributed by atoms with Crippen LogP contribution in [0, 0.1) is 27.7 Å². The standard InChI is InChI=1S/C12H16N4O/c1-6-11(10-7(2)16-17-8(10)3)14-9(4)15-12(6)13-5/h1-5H3,(H,13,14,15). The van der Waals surface area contributed by atoms with Crippen molar-refractivity contribution >= 4 is 5.82 Å². The predicted octanol–water partition coefficient (Wildman–Crippen LogP) is 2.41. The van der Waals surface area contributed by atoms with Gasteiger partial charge in [0, 0.05) is 12.6 Å². The summed E-state index contributed by atoms with van der Waals surface area (Å²) in [7, 11) is 1.85. The maximum Gasteiger partial charge on any atom is 0.143 e. The Morgan fingerprint density at radius 3 is 2.29 bits per heavy atom. The van der Waals surface area contributed by atoms with Crippen molar-refractivity contribution in [3.05, 3.63) is 22.8 Å². The second-order valence-electron chi connectivity index (χ2n) is 4.04. The van der Waals surface area contributed by atoms with Crippen LogP contribution in [0.3, 0.4) is 0 Å². The van der Waals surface area contributed by atoms with Crippen LogP contribution in [0.25, 0.3) is 11.3 Å². The molecule has 0 aromatic carbocycles. The lowest BCUT2D eigenvalue weighted by atomic mass is 10.1. The first-order valence-electron chi connectivity index (χ1n) is 5.50. The molecule has 2 rings (SSSR count). The zero-order valence-electron chi connectivity index (χ0n) is 10.7. The van der Waals surface area contributed by atoms with Crippen molar-refractivity contribution in [2.75, 3.05) is 12.4 Å². The monoisotopic (exact) mass is 232 g/mol. The number of hydrogen-bond acceptors (Lipinski definition) is 5. The highest BCUT2D eigenvalue weighted by Crippen LogP contribution is 2.30. The molecule has 0 bridgehead atoms. The van der Waals surface area contributed by atoms with Crippen LogP contribution >= 0.6 is 0 Å². The number of aromatic nitrogens is 3. The Labute approximate surface area is 100 Å². The van der Waals surface area contributed by atoms with Gasteiger partial charge in [-0.3, -0.25) is 0 Å². The molecule has 0 saturated heterocycles. The molecule has 0 spiro atoms. The van der Waals surface area contributed by atoms with E-state index in [4.69, 9.17) is 4.52 Å². The van der Waals surface area contributed by atoms with Crippen molar-refractivity contribution < 1.29 is 4.52 Å². The fraction of sp³-hybridized carbons (Fsp3) is 0.417. The number of rotatable bonds is 2. The van der Waals surface area contributed by atoms with E-state index >= 15 is 0 Å². The summed E-state index contributed by atoms with van der Waals surface area (Å²) in [5.41, 5.74) is 3.71. The smallest absolute Gasteiger partial charge is 0.143 e. The fourth-order valence-electron chi connectivity index (χ4n) is 1.94. The molecular weight excluding hydrogens is 216 g/mol. The van der Waals surface area contributed by atoms with E-state index in [9.17, 15) is 0 Å². The first-order valence-corrected chi connectivity index (χ1v) is 5.50. The zero-order valence-corrected chi connectivity index (χ0v) is 10.7. The van der Waals surface area contributed by atoms with Gasteiger partial charge in [0.25, 0.3) is 0 Å². The lowest BCUT2D eigenvalue weighted by Crippen LogP contribution is -2.03. The van der Waals surface area contributed by atoms with Crippen LogP contribution in [0.1, 0.15) is 22.8 Å². The van der Waals surface area contributed by atoms with Gasteiger partial charge >= 0.3 is 0 Å². The molecule has 0 aliphatic heterocycles. The molecule has 0 fully saturated rings. The van der Waals surface area contributed by atoms with Crippen LogP contribution in [0.4, 0.5) is 5.82 Å². The molecule has 0 amide bonds. The van der Waals surface area contributed by atoms with Gasteiger partial charge in [0.15, 0.2) is 0 Å². The molecule has 5 heteroatoms. The van der Waals surface area contributed by atoms with E-state index in [0.29, 0.717) is 0 Å². The fourth-order valence-corrected chi connectivity index (χ4v) is 1.94. The van der Waals surface area contributed by atoms with Crippen molar-refractivity contribution in [3.8, 4) is 11.3 Å². The Hall–Kier alpha value is -1.91. The SMILES string of the molecule is CNc1nc(C)nc(-c2c(C)noc2C)c1C. The van der Waals surface area contributed by atoms with Gasteiger partial charge in [-0.25, -0.2) is 9.97 Å². The Morgan fingerprint density at radius 2 is 1.76 bits per heavy atom. The molecule has 2 aromatic rings. The van der Waals surface area contributed by atoms with Crippen molar-refractivity contribution in [1.82, 2.24) is 15.1 Å². The lowest BCUT2D eigenvalue weighted by molar-refractivity contribution is 0.393. The summed E-state index contributed by atoms with van der Waals surface area (Å²) in [6.07, 6.45) is 0. The van der Waals surface area contributed by atoms with E-state index in [2.05, 4.69) is 20.4 Å². The van der Waals surface area contributed by atoms with Gasteiger partial charge in [0.2, 0.25) is 0 Å². The van der Waals surface area contributed by atoms with E-state index < -0.39 is 0 Å². The molecular formula is C12H16N4O. The van der Waals surface area contributed by atoms with E-state index in [1.54, 1.807) is 0 Å². The number of anilines is 1. The van der Waals surface area contributed by atoms with Gasteiger partial charge in [-0.1, -0.05) is 5.16 Å². The minimum Gasteiger partial charge on any atom is -0.373 e. The van der Waals surface area contributed by atoms with Gasteiger partial charge in [0.1, 0.15) is 17.4 Å². The third-order valence-electron chi connectivity index (χ3n) is 2.76. The maximum atomic E-state index is 5.19. The number of aryl methyl sites for hydroxylation is 3. The highest BCUT2D eigenvalue weighted by molar-refractivity contribution is 5.71. The van der Waals surface area contributed by atoms with Gasteiger partial charge in [-0.15, -0.1) is 0 Å². The minimum atomic E-state index is 0.731. The van der Waals surface area contributed by atoms with Crippen molar-refractivity contribution in [2.24, 2.45) is 0 Å². The van der Waals surface area contributed by atoms with Crippen LogP contribution in [-0.2, 0) is 0 Å². The van der Waals surface area contributed by atoms with Crippen LogP contribution in [-0.4, -0.2) is 22.2 Å². The summed E-state index contributed by atoms with van der Waals surface area (Å²) in [6.45, 7) is 7.68. The van der Waals surface area contributed by atoms with Crippen LogP contribution in [0.2, 0.25) is 0 Å². The highest BCUT2D eigenvalue weighted by atomic mass is 16.5. The summed E-state index contributed by atoms with van der Waals surface area (Å²) in [6, 6.07) is 0. The molecule has 0 radical (unpaired) electrons. The van der Waals surface area contributed by atoms with E-state index in [1.165, 1.54) is 0 Å². The number of hydrogen-bond donors (Lipinski definition) is 1. The molecule has 90 valence electrons. The third-order valence-corrected chi connectivity index (χ3v) is 2.76. The highest BCUT2D eigenvalue weighted by Gasteiger charge is 2.17. The normalized spacial score (nSPS) is 10.6. The Balaban J connectivity index is 2.71. The average Bonchev–Trinajstić information content (AvgIpc) is 2.62. The van der Waals surface area contributed by atoms with Gasteiger partial charge in [0.05, 0.1) is 17.0 Å². The van der Waals surface area contributed by atoms with Crippen LogP contribution < -0.4 is 5.32 Å². The summed E-state index contributed by atoms with van der Waals surface area (Å²) in [5.74, 6) is 2.35. The minimum absolute atomic E-state index is 0.731. The lowest BCUT2D eigenvalue weighted by Gasteiger charge is -2.10. The summed E-state index contributed by atoms with van der Waals surface area (Å²) >= 11 is 0. The molecule has 1 N–H and O–H groups in total. The number of nitrogens with one attached hydrogen (secondary N) is 1. The Bertz CT molecular complexity index is 540. The Kier molecular flexibility index (Phi) is 2.83. The quantitative estimate of drug-likeness (QED) is 0.861. The van der Waals surface area contributed by atoms with E-state index in [1.807, 2.05) is 34.7 Å². The first kappa shape index (κ1) is 11.6. The summed E-state index contributed by atoms with van der Waals surface area (Å²) in [5, 5.41) is 7.04. The predicted molar refractivity (Wildman–Crippen MR) is 66.0 cm³/mol. The maximum absolute atomic E-state index is 5.19. The molecule has 0 unspecified atom stereocenters. The van der Waals surface area contributed by atoms with Crippen molar-refractivity contribution in [1.29, 1.82) is 0 Å². The van der Waals surface area contributed by atoms with E-state index in [0.717, 1.165) is 39.9 Å². The van der Waals surface area contributed by atoms with E-state index in [-0.39, 0.29) is 0 Å². The molecule has 5 nitrogen and oxygen atoms in total. The second-order valence-corrected chi connectivity index (χ2v) is 4.04. The van der Waals surface area contributed by atoms with Crippen molar-refractivity contribution in [2.45, 2.75) is 27.7 Å². The topological polar surface area (TPSA) is 63.8 Å². The largest absolute Gasteiger partial charge is 0.373 e. The Morgan fingerprint density at radius 1 is 1.06 bits per heavy atom. The summed E-state index contributed by atoms with van der Waals surface area (Å²) < 4.78 is 5.19. The van der Waals surface area contributed by atoms with Crippen LogP contribution in [0.5, 0.6) is 0 Å². The average molecular weight is 232 g/mol. The third kappa shape index (κ3) is 1.88. The first-order chi connectivity index (χ1) is 8.04. The molecule has 17 heavy (non-hydrogen) atoms. The van der Waals surface area contributed by atoms with Gasteiger partial charge < -0.3 is 9.84 Å².